The number of alkyl carbamates (subject to hydrolysis) is 1. The molecule has 0 fully saturated rings. The maximum atomic E-state index is 13.0. The molecule has 0 aromatic carbocycles. The zero-order valence-electron chi connectivity index (χ0n) is 27.1. The number of cyclic esters (lactones) is 1. The van der Waals surface area contributed by atoms with E-state index in [9.17, 15) is 19.2 Å². The van der Waals surface area contributed by atoms with Crippen LogP contribution >= 0.6 is 11.6 Å². The van der Waals surface area contributed by atoms with E-state index in [2.05, 4.69) is 16.0 Å². The molecule has 0 aromatic heterocycles. The fourth-order valence-electron chi connectivity index (χ4n) is 4.10. The highest BCUT2D eigenvalue weighted by Crippen LogP contribution is 2.23. The predicted molar refractivity (Wildman–Crippen MR) is 172 cm³/mol. The summed E-state index contributed by atoms with van der Waals surface area (Å²) < 4.78 is 15.8. The molecule has 4 unspecified atom stereocenters. The number of hydrogen-bond donors (Lipinski definition) is 3. The van der Waals surface area contributed by atoms with E-state index < -0.39 is 35.5 Å². The van der Waals surface area contributed by atoms with E-state index in [1.807, 2.05) is 46.8 Å². The van der Waals surface area contributed by atoms with E-state index >= 15 is 0 Å². The van der Waals surface area contributed by atoms with Crippen molar-refractivity contribution in [2.45, 2.75) is 86.0 Å². The number of halogens is 1. The Morgan fingerprint density at radius 3 is 2.43 bits per heavy atom. The third-order valence-corrected chi connectivity index (χ3v) is 6.61. The Hall–Kier alpha value is -3.79. The van der Waals surface area contributed by atoms with Crippen LogP contribution in [0.15, 0.2) is 71.2 Å². The molecule has 0 aromatic rings. The molecule has 0 saturated heterocycles. The van der Waals surface area contributed by atoms with Gasteiger partial charge in [-0.15, -0.1) is 0 Å². The highest BCUT2D eigenvalue weighted by molar-refractivity contribution is 6.29. The Labute approximate surface area is 266 Å². The lowest BCUT2D eigenvalue weighted by atomic mass is 9.86. The Bertz CT molecular complexity index is 1170. The summed E-state index contributed by atoms with van der Waals surface area (Å²) in [6, 6.07) is -0.814. The summed E-state index contributed by atoms with van der Waals surface area (Å²) >= 11 is 5.92. The summed E-state index contributed by atoms with van der Waals surface area (Å²) in [7, 11) is 1.44. The summed E-state index contributed by atoms with van der Waals surface area (Å²) in [5, 5.41) is 8.66. The van der Waals surface area contributed by atoms with Crippen molar-refractivity contribution < 1.29 is 33.4 Å². The van der Waals surface area contributed by atoms with E-state index in [-0.39, 0.29) is 23.7 Å². The summed E-state index contributed by atoms with van der Waals surface area (Å²) in [6.07, 6.45) is 15.2. The van der Waals surface area contributed by atoms with Gasteiger partial charge in [0, 0.05) is 42.8 Å². The first-order chi connectivity index (χ1) is 20.7. The van der Waals surface area contributed by atoms with Crippen LogP contribution in [0.1, 0.15) is 67.7 Å². The third-order valence-electron chi connectivity index (χ3n) is 6.46. The lowest BCUT2D eigenvalue weighted by molar-refractivity contribution is -0.151. The van der Waals surface area contributed by atoms with Gasteiger partial charge in [0.25, 0.3) is 0 Å². The summed E-state index contributed by atoms with van der Waals surface area (Å²) in [4.78, 5) is 49.4. The van der Waals surface area contributed by atoms with Crippen LogP contribution in [-0.2, 0) is 28.6 Å². The maximum Gasteiger partial charge on any atom is 0.407 e. The topological polar surface area (TPSA) is 132 Å². The van der Waals surface area contributed by atoms with Gasteiger partial charge in [0.05, 0.1) is 7.11 Å². The molecule has 1 aliphatic rings. The number of amides is 3. The van der Waals surface area contributed by atoms with E-state index in [0.717, 1.165) is 5.57 Å². The Morgan fingerprint density at radius 1 is 1.16 bits per heavy atom. The monoisotopic (exact) mass is 633 g/mol. The van der Waals surface area contributed by atoms with E-state index in [0.29, 0.717) is 30.8 Å². The molecule has 1 heterocycles. The number of nitrogens with one attached hydrogen (secondary N) is 3. The van der Waals surface area contributed by atoms with Gasteiger partial charge in [0.1, 0.15) is 18.2 Å². The van der Waals surface area contributed by atoms with Gasteiger partial charge in [-0.3, -0.25) is 9.59 Å². The maximum absolute atomic E-state index is 13.0. The number of rotatable bonds is 15. The SMILES string of the molecule is CCNC(=O)OC(C/C=C\NC(=O)C(NC(=O)\C=C/C=C/C(C)=C/C(C)C1CC=C(OC)C(=O)O1)C(C)(C)C)C/C=C(\C)Cl. The molecule has 0 saturated carbocycles. The first-order valence-electron chi connectivity index (χ1n) is 14.7. The van der Waals surface area contributed by atoms with Gasteiger partial charge in [0.15, 0.2) is 5.76 Å². The first kappa shape index (κ1) is 38.2. The van der Waals surface area contributed by atoms with Crippen LogP contribution in [0.3, 0.4) is 0 Å². The average Bonchev–Trinajstić information content (AvgIpc) is 2.94. The van der Waals surface area contributed by atoms with Gasteiger partial charge >= 0.3 is 12.1 Å². The molecule has 0 spiro atoms. The number of hydrogen-bond acceptors (Lipinski definition) is 7. The molecule has 3 amide bonds. The van der Waals surface area contributed by atoms with Crippen molar-refractivity contribution in [2.75, 3.05) is 13.7 Å². The van der Waals surface area contributed by atoms with Crippen molar-refractivity contribution in [3.8, 4) is 0 Å². The standard InChI is InChI=1S/C33H48ClN3O7/c1-9-35-32(41)43-25(17-16-24(4)34)14-12-20-36-30(39)29(33(5,6)7)37-28(38)15-11-10-13-22(2)21-23(3)26-18-19-27(42-8)31(40)44-26/h10-13,15-16,19-21,23,25-26,29H,9,14,17-18H2,1-8H3,(H,35,41)(H,36,39)(H,37,38)/b13-10+,15-11-,20-12-,22-21+,24-16+. The Balaban J connectivity index is 2.72. The Kier molecular flexibility index (Phi) is 16.9. The average molecular weight is 634 g/mol. The van der Waals surface area contributed by atoms with Gasteiger partial charge in [-0.1, -0.05) is 81.3 Å². The number of ether oxygens (including phenoxy) is 3. The normalized spacial score (nSPS) is 18.4. The van der Waals surface area contributed by atoms with Crippen LogP contribution in [0, 0.1) is 11.3 Å². The number of allylic oxidation sites excluding steroid dienone is 5. The van der Waals surface area contributed by atoms with Crippen molar-refractivity contribution in [3.63, 3.8) is 0 Å². The van der Waals surface area contributed by atoms with Crippen molar-refractivity contribution in [1.29, 1.82) is 0 Å². The second kappa shape index (κ2) is 19.5. The van der Waals surface area contributed by atoms with Crippen LogP contribution in [0.2, 0.25) is 0 Å². The minimum absolute atomic E-state index is 0.0173. The van der Waals surface area contributed by atoms with Crippen molar-refractivity contribution in [1.82, 2.24) is 16.0 Å². The van der Waals surface area contributed by atoms with Gasteiger partial charge in [-0.2, -0.15) is 0 Å². The smallest absolute Gasteiger partial charge is 0.407 e. The van der Waals surface area contributed by atoms with Crippen molar-refractivity contribution >= 4 is 35.5 Å². The molecule has 3 N–H and O–H groups in total. The van der Waals surface area contributed by atoms with Gasteiger partial charge in [0.2, 0.25) is 11.8 Å². The summed E-state index contributed by atoms with van der Waals surface area (Å²) in [5.74, 6) is -1.06. The van der Waals surface area contributed by atoms with Gasteiger partial charge in [-0.05, 0) is 38.5 Å². The molecule has 1 aliphatic heterocycles. The molecule has 0 radical (unpaired) electrons. The third kappa shape index (κ3) is 15.1. The number of carbonyl (C=O) groups is 4. The number of carbonyl (C=O) groups excluding carboxylic acids is 4. The summed E-state index contributed by atoms with van der Waals surface area (Å²) in [5.41, 5.74) is 0.368. The molecule has 244 valence electrons. The second-order valence-electron chi connectivity index (χ2n) is 11.5. The zero-order valence-corrected chi connectivity index (χ0v) is 27.8. The fraction of sp³-hybridized carbons (Fsp3) is 0.515. The summed E-state index contributed by atoms with van der Waals surface area (Å²) in [6.45, 7) is 13.4. The van der Waals surface area contributed by atoms with Crippen LogP contribution < -0.4 is 16.0 Å². The molecule has 0 aliphatic carbocycles. The van der Waals surface area contributed by atoms with Gasteiger partial charge < -0.3 is 30.2 Å². The molecular weight excluding hydrogens is 586 g/mol. The van der Waals surface area contributed by atoms with Crippen molar-refractivity contribution in [2.24, 2.45) is 11.3 Å². The Morgan fingerprint density at radius 2 is 1.84 bits per heavy atom. The molecule has 1 rings (SSSR count). The van der Waals surface area contributed by atoms with Crippen molar-refractivity contribution in [3.05, 3.63) is 71.2 Å². The van der Waals surface area contributed by atoms with Crippen LogP contribution in [0.5, 0.6) is 0 Å². The van der Waals surface area contributed by atoms with Gasteiger partial charge in [-0.25, -0.2) is 9.59 Å². The number of esters is 1. The molecule has 0 bridgehead atoms. The highest BCUT2D eigenvalue weighted by atomic mass is 35.5. The predicted octanol–water partition coefficient (Wildman–Crippen LogP) is 5.73. The zero-order chi connectivity index (χ0) is 33.3. The highest BCUT2D eigenvalue weighted by Gasteiger charge is 2.32. The van der Waals surface area contributed by atoms with Crippen LogP contribution in [0.25, 0.3) is 0 Å². The largest absolute Gasteiger partial charge is 0.490 e. The molecule has 44 heavy (non-hydrogen) atoms. The minimum Gasteiger partial charge on any atom is -0.490 e. The van der Waals surface area contributed by atoms with Crippen LogP contribution in [-0.4, -0.2) is 55.8 Å². The van der Waals surface area contributed by atoms with Crippen LogP contribution in [0.4, 0.5) is 4.79 Å². The lowest BCUT2D eigenvalue weighted by Crippen LogP contribution is -2.52. The first-order valence-corrected chi connectivity index (χ1v) is 15.1. The number of methoxy groups -OCH3 is 1. The fourth-order valence-corrected chi connectivity index (χ4v) is 4.19. The quantitative estimate of drug-likeness (QED) is 0.119. The van der Waals surface area contributed by atoms with E-state index in [4.69, 9.17) is 25.8 Å². The van der Waals surface area contributed by atoms with E-state index in [1.54, 1.807) is 44.2 Å². The minimum atomic E-state index is -0.814. The molecule has 11 heteroatoms. The second-order valence-corrected chi connectivity index (χ2v) is 12.1. The molecule has 10 nitrogen and oxygen atoms in total. The molecule has 4 atom stereocenters. The molecular formula is C33H48ClN3O7. The van der Waals surface area contributed by atoms with E-state index in [1.165, 1.54) is 19.4 Å². The lowest BCUT2D eigenvalue weighted by Gasteiger charge is -2.29.